The van der Waals surface area contributed by atoms with Crippen molar-refractivity contribution in [3.05, 3.63) is 70.7 Å². The highest BCUT2D eigenvalue weighted by atomic mass is 35.5. The maximum absolute atomic E-state index is 12.3. The van der Waals surface area contributed by atoms with E-state index < -0.39 is 30.6 Å². The van der Waals surface area contributed by atoms with E-state index in [-0.39, 0.29) is 12.5 Å². The van der Waals surface area contributed by atoms with Gasteiger partial charge >= 0.3 is 12.0 Å². The average Bonchev–Trinajstić information content (AvgIpc) is 2.66. The van der Waals surface area contributed by atoms with E-state index in [9.17, 15) is 14.4 Å². The molecule has 0 unspecified atom stereocenters. The number of rotatable bonds is 8. The standard InChI is InChI=1S/C20H22ClN3O4/c1-13(15-7-9-16(21)10-8-15)23-18(25)12-28-19(26)17(24-20(22)27)11-14-5-3-2-4-6-14/h2-10,13,17H,11-12H2,1H3,(H,23,25)(H3,22,24,27)/t13-,17+/m1/s1. The van der Waals surface area contributed by atoms with Crippen LogP contribution in [0.3, 0.4) is 0 Å². The van der Waals surface area contributed by atoms with Crippen LogP contribution >= 0.6 is 11.6 Å². The lowest BCUT2D eigenvalue weighted by molar-refractivity contribution is -0.150. The molecular weight excluding hydrogens is 382 g/mol. The minimum atomic E-state index is -0.985. The minimum Gasteiger partial charge on any atom is -0.454 e. The Morgan fingerprint density at radius 1 is 1.04 bits per heavy atom. The zero-order valence-electron chi connectivity index (χ0n) is 15.4. The number of amides is 3. The lowest BCUT2D eigenvalue weighted by atomic mass is 10.1. The van der Waals surface area contributed by atoms with Crippen molar-refractivity contribution in [2.24, 2.45) is 5.73 Å². The van der Waals surface area contributed by atoms with Crippen LogP contribution in [0.4, 0.5) is 4.79 Å². The molecule has 0 aliphatic heterocycles. The first-order valence-corrected chi connectivity index (χ1v) is 9.04. The average molecular weight is 404 g/mol. The summed E-state index contributed by atoms with van der Waals surface area (Å²) < 4.78 is 5.05. The lowest BCUT2D eigenvalue weighted by Gasteiger charge is -2.18. The summed E-state index contributed by atoms with van der Waals surface area (Å²) >= 11 is 5.85. The zero-order valence-corrected chi connectivity index (χ0v) is 16.1. The predicted molar refractivity (Wildman–Crippen MR) is 106 cm³/mol. The fraction of sp³-hybridized carbons (Fsp3) is 0.250. The Balaban J connectivity index is 1.88. The Labute approximate surface area is 168 Å². The number of halogens is 1. The Kier molecular flexibility index (Phi) is 7.83. The summed E-state index contributed by atoms with van der Waals surface area (Å²) in [7, 11) is 0. The van der Waals surface area contributed by atoms with Crippen LogP contribution in [0.1, 0.15) is 24.1 Å². The van der Waals surface area contributed by atoms with E-state index in [1.165, 1.54) is 0 Å². The van der Waals surface area contributed by atoms with Crippen molar-refractivity contribution in [2.45, 2.75) is 25.4 Å². The number of hydrogen-bond acceptors (Lipinski definition) is 4. The Bertz CT molecular complexity index is 812. The number of esters is 1. The molecule has 0 aromatic heterocycles. The van der Waals surface area contributed by atoms with Crippen molar-refractivity contribution in [1.29, 1.82) is 0 Å². The van der Waals surface area contributed by atoms with E-state index >= 15 is 0 Å². The van der Waals surface area contributed by atoms with Crippen LogP contribution in [0.15, 0.2) is 54.6 Å². The summed E-state index contributed by atoms with van der Waals surface area (Å²) in [6.07, 6.45) is 0.200. The van der Waals surface area contributed by atoms with E-state index in [4.69, 9.17) is 22.1 Å². The molecule has 0 fully saturated rings. The van der Waals surface area contributed by atoms with Gasteiger partial charge in [-0.25, -0.2) is 9.59 Å². The lowest BCUT2D eigenvalue weighted by Crippen LogP contribution is -2.46. The highest BCUT2D eigenvalue weighted by Crippen LogP contribution is 2.15. The minimum absolute atomic E-state index is 0.200. The fourth-order valence-electron chi connectivity index (χ4n) is 2.57. The largest absolute Gasteiger partial charge is 0.454 e. The Morgan fingerprint density at radius 3 is 2.29 bits per heavy atom. The van der Waals surface area contributed by atoms with Gasteiger partial charge in [0.1, 0.15) is 6.04 Å². The maximum atomic E-state index is 12.3. The summed E-state index contributed by atoms with van der Waals surface area (Å²) in [5.41, 5.74) is 6.82. The van der Waals surface area contributed by atoms with Gasteiger partial charge in [-0.3, -0.25) is 4.79 Å². The molecule has 0 spiro atoms. The number of carbonyl (C=O) groups is 3. The van der Waals surface area contributed by atoms with Crippen LogP contribution in [-0.4, -0.2) is 30.6 Å². The maximum Gasteiger partial charge on any atom is 0.329 e. The molecule has 0 radical (unpaired) electrons. The van der Waals surface area contributed by atoms with Gasteiger partial charge in [-0.05, 0) is 30.2 Å². The number of nitrogens with one attached hydrogen (secondary N) is 2. The van der Waals surface area contributed by atoms with Crippen molar-refractivity contribution in [1.82, 2.24) is 10.6 Å². The van der Waals surface area contributed by atoms with E-state index in [1.807, 2.05) is 30.3 Å². The molecule has 0 aliphatic carbocycles. The number of urea groups is 1. The topological polar surface area (TPSA) is 111 Å². The molecule has 0 heterocycles. The molecule has 0 saturated carbocycles. The smallest absolute Gasteiger partial charge is 0.329 e. The van der Waals surface area contributed by atoms with Crippen molar-refractivity contribution in [3.8, 4) is 0 Å². The number of hydrogen-bond donors (Lipinski definition) is 3. The van der Waals surface area contributed by atoms with Gasteiger partial charge in [0.25, 0.3) is 5.91 Å². The molecule has 8 heteroatoms. The molecule has 2 aromatic carbocycles. The summed E-state index contributed by atoms with van der Waals surface area (Å²) in [4.78, 5) is 35.6. The number of carbonyl (C=O) groups excluding carboxylic acids is 3. The van der Waals surface area contributed by atoms with E-state index in [1.54, 1.807) is 31.2 Å². The number of ether oxygens (including phenoxy) is 1. The molecule has 28 heavy (non-hydrogen) atoms. The van der Waals surface area contributed by atoms with Crippen molar-refractivity contribution in [3.63, 3.8) is 0 Å². The summed E-state index contributed by atoms with van der Waals surface area (Å²) in [5.74, 6) is -1.20. The summed E-state index contributed by atoms with van der Waals surface area (Å²) in [6.45, 7) is 1.33. The molecule has 2 aromatic rings. The molecule has 4 N–H and O–H groups in total. The van der Waals surface area contributed by atoms with Crippen molar-refractivity contribution >= 4 is 29.5 Å². The summed E-state index contributed by atoms with van der Waals surface area (Å²) in [5, 5.41) is 5.67. The highest BCUT2D eigenvalue weighted by molar-refractivity contribution is 6.30. The van der Waals surface area contributed by atoms with E-state index in [2.05, 4.69) is 10.6 Å². The molecule has 0 saturated heterocycles. The van der Waals surface area contributed by atoms with E-state index in [0.717, 1.165) is 11.1 Å². The van der Waals surface area contributed by atoms with Gasteiger partial charge in [-0.2, -0.15) is 0 Å². The van der Waals surface area contributed by atoms with Gasteiger partial charge in [0, 0.05) is 11.4 Å². The number of nitrogens with two attached hydrogens (primary N) is 1. The van der Waals surface area contributed by atoms with Gasteiger partial charge in [0.15, 0.2) is 6.61 Å². The van der Waals surface area contributed by atoms with Crippen molar-refractivity contribution < 1.29 is 19.1 Å². The zero-order chi connectivity index (χ0) is 20.5. The molecule has 2 rings (SSSR count). The monoisotopic (exact) mass is 403 g/mol. The SMILES string of the molecule is C[C@@H](NC(=O)COC(=O)[C@H](Cc1ccccc1)NC(N)=O)c1ccc(Cl)cc1. The number of benzene rings is 2. The van der Waals surface area contributed by atoms with Crippen LogP contribution in [0.25, 0.3) is 0 Å². The molecule has 0 bridgehead atoms. The van der Waals surface area contributed by atoms with Gasteiger partial charge in [-0.15, -0.1) is 0 Å². The van der Waals surface area contributed by atoms with Gasteiger partial charge in [-0.1, -0.05) is 54.1 Å². The third kappa shape index (κ3) is 6.92. The molecular formula is C20H22ClN3O4. The quantitative estimate of drug-likeness (QED) is 0.587. The van der Waals surface area contributed by atoms with Crippen LogP contribution in [0.2, 0.25) is 5.02 Å². The Morgan fingerprint density at radius 2 is 1.68 bits per heavy atom. The van der Waals surface area contributed by atoms with Gasteiger partial charge < -0.3 is 21.1 Å². The van der Waals surface area contributed by atoms with Crippen LogP contribution < -0.4 is 16.4 Å². The highest BCUT2D eigenvalue weighted by Gasteiger charge is 2.23. The first-order valence-electron chi connectivity index (χ1n) is 8.66. The third-order valence-corrected chi connectivity index (χ3v) is 4.23. The first kappa shape index (κ1) is 21.2. The molecule has 3 amide bonds. The second-order valence-electron chi connectivity index (χ2n) is 6.20. The second kappa shape index (κ2) is 10.3. The Hall–Kier alpha value is -3.06. The van der Waals surface area contributed by atoms with Gasteiger partial charge in [0.05, 0.1) is 6.04 Å². The normalized spacial score (nSPS) is 12.5. The molecule has 2 atom stereocenters. The molecule has 0 aliphatic rings. The molecule has 7 nitrogen and oxygen atoms in total. The number of primary amides is 1. The fourth-order valence-corrected chi connectivity index (χ4v) is 2.70. The predicted octanol–water partition coefficient (Wildman–Crippen LogP) is 2.34. The summed E-state index contributed by atoms with van der Waals surface area (Å²) in [6, 6.07) is 14.0. The van der Waals surface area contributed by atoms with Gasteiger partial charge in [0.2, 0.25) is 0 Å². The van der Waals surface area contributed by atoms with Crippen LogP contribution in [0.5, 0.6) is 0 Å². The molecule has 148 valence electrons. The van der Waals surface area contributed by atoms with Crippen LogP contribution in [-0.2, 0) is 20.7 Å². The van der Waals surface area contributed by atoms with E-state index in [0.29, 0.717) is 5.02 Å². The van der Waals surface area contributed by atoms with Crippen LogP contribution in [0, 0.1) is 0 Å². The first-order chi connectivity index (χ1) is 13.3. The second-order valence-corrected chi connectivity index (χ2v) is 6.64. The third-order valence-electron chi connectivity index (χ3n) is 3.98. The van der Waals surface area contributed by atoms with Crippen molar-refractivity contribution in [2.75, 3.05) is 6.61 Å².